The highest BCUT2D eigenvalue weighted by Crippen LogP contribution is 2.22. The average molecular weight is 265 g/mol. The molecule has 0 radical (unpaired) electrons. The fourth-order valence-electron chi connectivity index (χ4n) is 2.35. The van der Waals surface area contributed by atoms with E-state index >= 15 is 0 Å². The van der Waals surface area contributed by atoms with Crippen molar-refractivity contribution in [2.24, 2.45) is 0 Å². The van der Waals surface area contributed by atoms with Crippen LogP contribution < -0.4 is 5.32 Å². The smallest absolute Gasteiger partial charge is 0.163 e. The molecule has 0 bridgehead atoms. The zero-order valence-corrected chi connectivity index (χ0v) is 11.0. The second-order valence-electron chi connectivity index (χ2n) is 5.15. The van der Waals surface area contributed by atoms with E-state index in [-0.39, 0.29) is 0 Å². The Balaban J connectivity index is 1.81. The molecule has 0 saturated heterocycles. The van der Waals surface area contributed by atoms with Crippen molar-refractivity contribution in [3.8, 4) is 5.82 Å². The molecule has 0 spiro atoms. The Morgan fingerprint density at radius 2 is 2.15 bits per heavy atom. The fraction of sp³-hybridized carbons (Fsp3) is 0.267. The maximum absolute atomic E-state index is 4.74. The maximum atomic E-state index is 4.74. The molecular formula is C15H15N5. The van der Waals surface area contributed by atoms with E-state index in [9.17, 15) is 0 Å². The van der Waals surface area contributed by atoms with Gasteiger partial charge in [0, 0.05) is 18.0 Å². The molecule has 1 N–H and O–H groups in total. The summed E-state index contributed by atoms with van der Waals surface area (Å²) < 4.78 is 1.73. The van der Waals surface area contributed by atoms with E-state index < -0.39 is 0 Å². The second-order valence-corrected chi connectivity index (χ2v) is 5.15. The predicted molar refractivity (Wildman–Crippen MR) is 76.5 cm³/mol. The third kappa shape index (κ3) is 2.16. The van der Waals surface area contributed by atoms with Crippen molar-refractivity contribution in [1.82, 2.24) is 25.1 Å². The Hall–Kier alpha value is -2.27. The molecule has 1 saturated carbocycles. The summed E-state index contributed by atoms with van der Waals surface area (Å²) >= 11 is 0. The molecule has 20 heavy (non-hydrogen) atoms. The van der Waals surface area contributed by atoms with E-state index in [1.807, 2.05) is 12.1 Å². The lowest BCUT2D eigenvalue weighted by molar-refractivity contribution is 0.672. The number of pyridine rings is 1. The molecule has 0 aliphatic heterocycles. The van der Waals surface area contributed by atoms with Gasteiger partial charge in [0.15, 0.2) is 5.82 Å². The third-order valence-electron chi connectivity index (χ3n) is 3.56. The molecular weight excluding hydrogens is 250 g/mol. The van der Waals surface area contributed by atoms with Crippen molar-refractivity contribution in [2.75, 3.05) is 0 Å². The zero-order valence-electron chi connectivity index (χ0n) is 11.0. The molecule has 1 aliphatic rings. The lowest BCUT2D eigenvalue weighted by atomic mass is 10.1. The summed E-state index contributed by atoms with van der Waals surface area (Å²) in [4.78, 5) is 8.76. The Kier molecular flexibility index (Phi) is 2.70. The van der Waals surface area contributed by atoms with Crippen LogP contribution in [0.3, 0.4) is 0 Å². The van der Waals surface area contributed by atoms with Crippen LogP contribution >= 0.6 is 0 Å². The molecule has 0 unspecified atom stereocenters. The molecule has 2 heterocycles. The first kappa shape index (κ1) is 11.5. The van der Waals surface area contributed by atoms with Crippen molar-refractivity contribution in [1.29, 1.82) is 0 Å². The van der Waals surface area contributed by atoms with Crippen LogP contribution in [-0.2, 0) is 6.54 Å². The van der Waals surface area contributed by atoms with Crippen LogP contribution in [-0.4, -0.2) is 25.8 Å². The van der Waals surface area contributed by atoms with Crippen molar-refractivity contribution in [3.05, 3.63) is 48.7 Å². The van der Waals surface area contributed by atoms with Crippen molar-refractivity contribution in [3.63, 3.8) is 0 Å². The molecule has 5 nitrogen and oxygen atoms in total. The standard InChI is InChI=1S/C15H15N5/c1-2-4-14-11(3-1)7-13(8-17-12-5-6-12)19-15(14)20-10-16-9-18-20/h1-4,7,9-10,12,17H,5-6,8H2. The first-order valence-corrected chi connectivity index (χ1v) is 6.87. The van der Waals surface area contributed by atoms with Crippen LogP contribution in [0.15, 0.2) is 43.0 Å². The van der Waals surface area contributed by atoms with Crippen molar-refractivity contribution >= 4 is 10.8 Å². The summed E-state index contributed by atoms with van der Waals surface area (Å²) in [7, 11) is 0. The maximum Gasteiger partial charge on any atom is 0.163 e. The topological polar surface area (TPSA) is 55.6 Å². The first-order chi connectivity index (χ1) is 9.90. The number of benzene rings is 1. The highest BCUT2D eigenvalue weighted by atomic mass is 15.3. The minimum Gasteiger partial charge on any atom is -0.308 e. The van der Waals surface area contributed by atoms with Crippen molar-refractivity contribution in [2.45, 2.75) is 25.4 Å². The SMILES string of the molecule is c1ccc2c(-n3cncn3)nc(CNC3CC3)cc2c1. The van der Waals surface area contributed by atoms with Gasteiger partial charge >= 0.3 is 0 Å². The fourth-order valence-corrected chi connectivity index (χ4v) is 2.35. The number of nitrogens with one attached hydrogen (secondary N) is 1. The van der Waals surface area contributed by atoms with Gasteiger partial charge in [-0.25, -0.2) is 14.6 Å². The minimum absolute atomic E-state index is 0.679. The van der Waals surface area contributed by atoms with Crippen LogP contribution in [0, 0.1) is 0 Å². The number of nitrogens with zero attached hydrogens (tertiary/aromatic N) is 4. The Morgan fingerprint density at radius 3 is 2.95 bits per heavy atom. The summed E-state index contributed by atoms with van der Waals surface area (Å²) in [6, 6.07) is 11.1. The van der Waals surface area contributed by atoms with Crippen molar-refractivity contribution < 1.29 is 0 Å². The minimum atomic E-state index is 0.679. The first-order valence-electron chi connectivity index (χ1n) is 6.87. The van der Waals surface area contributed by atoms with Gasteiger partial charge in [-0.1, -0.05) is 24.3 Å². The Morgan fingerprint density at radius 1 is 1.25 bits per heavy atom. The zero-order chi connectivity index (χ0) is 13.4. The highest BCUT2D eigenvalue weighted by molar-refractivity contribution is 5.88. The molecule has 3 aromatic rings. The molecule has 1 aromatic carbocycles. The van der Waals surface area contributed by atoms with Crippen LogP contribution in [0.25, 0.3) is 16.6 Å². The van der Waals surface area contributed by atoms with E-state index in [4.69, 9.17) is 4.98 Å². The number of hydrogen-bond acceptors (Lipinski definition) is 4. The number of hydrogen-bond donors (Lipinski definition) is 1. The van der Waals surface area contributed by atoms with Crippen LogP contribution in [0.1, 0.15) is 18.5 Å². The molecule has 5 heteroatoms. The van der Waals surface area contributed by atoms with E-state index in [1.165, 1.54) is 24.6 Å². The Bertz CT molecular complexity index is 731. The normalized spacial score (nSPS) is 14.8. The van der Waals surface area contributed by atoms with Gasteiger partial charge in [-0.15, -0.1) is 0 Å². The Labute approximate surface area is 116 Å². The quantitative estimate of drug-likeness (QED) is 0.784. The molecule has 2 aromatic heterocycles. The third-order valence-corrected chi connectivity index (χ3v) is 3.56. The summed E-state index contributed by atoms with van der Waals surface area (Å²) in [6.45, 7) is 0.803. The number of rotatable bonds is 4. The van der Waals surface area contributed by atoms with Crippen LogP contribution in [0.4, 0.5) is 0 Å². The van der Waals surface area contributed by atoms with E-state index in [0.717, 1.165) is 23.4 Å². The summed E-state index contributed by atoms with van der Waals surface area (Å²) in [6.07, 6.45) is 5.78. The van der Waals surface area contributed by atoms with Gasteiger partial charge in [0.2, 0.25) is 0 Å². The molecule has 0 atom stereocenters. The monoisotopic (exact) mass is 265 g/mol. The van der Waals surface area contributed by atoms with Gasteiger partial charge in [-0.2, -0.15) is 5.10 Å². The van der Waals surface area contributed by atoms with Crippen LogP contribution in [0.2, 0.25) is 0 Å². The second kappa shape index (κ2) is 4.68. The van der Waals surface area contributed by atoms with E-state index in [2.05, 4.69) is 33.6 Å². The number of fused-ring (bicyclic) bond motifs is 1. The number of aromatic nitrogens is 4. The van der Waals surface area contributed by atoms with Gasteiger partial charge in [-0.05, 0) is 24.3 Å². The summed E-state index contributed by atoms with van der Waals surface area (Å²) in [5.41, 5.74) is 1.04. The summed E-state index contributed by atoms with van der Waals surface area (Å²) in [5, 5.41) is 9.98. The van der Waals surface area contributed by atoms with Crippen LogP contribution in [0.5, 0.6) is 0 Å². The molecule has 1 aliphatic carbocycles. The largest absolute Gasteiger partial charge is 0.308 e. The van der Waals surface area contributed by atoms with E-state index in [1.54, 1.807) is 11.0 Å². The van der Waals surface area contributed by atoms with Gasteiger partial charge in [0.25, 0.3) is 0 Å². The molecule has 1 fully saturated rings. The molecule has 100 valence electrons. The highest BCUT2D eigenvalue weighted by Gasteiger charge is 2.20. The van der Waals surface area contributed by atoms with Gasteiger partial charge in [-0.3, -0.25) is 0 Å². The molecule has 0 amide bonds. The lowest BCUT2D eigenvalue weighted by Gasteiger charge is -2.09. The predicted octanol–water partition coefficient (Wildman–Crippen LogP) is 2.07. The van der Waals surface area contributed by atoms with Gasteiger partial charge in [0.05, 0.1) is 5.69 Å². The lowest BCUT2D eigenvalue weighted by Crippen LogP contribution is -2.17. The average Bonchev–Trinajstić information content (AvgIpc) is 3.16. The summed E-state index contributed by atoms with van der Waals surface area (Å²) in [5.74, 6) is 0.841. The van der Waals surface area contributed by atoms with Gasteiger partial charge < -0.3 is 5.32 Å². The van der Waals surface area contributed by atoms with E-state index in [0.29, 0.717) is 6.04 Å². The van der Waals surface area contributed by atoms with Gasteiger partial charge in [0.1, 0.15) is 12.7 Å². The molecule has 4 rings (SSSR count).